The van der Waals surface area contributed by atoms with E-state index in [2.05, 4.69) is 87.8 Å². The summed E-state index contributed by atoms with van der Waals surface area (Å²) in [6.07, 6.45) is 1.83. The highest BCUT2D eigenvalue weighted by atomic mass is 16.1. The second-order valence-corrected chi connectivity index (χ2v) is 5.64. The molecule has 0 saturated carbocycles. The van der Waals surface area contributed by atoms with Crippen LogP contribution in [-0.4, -0.2) is 24.5 Å². The molecule has 134 valence electrons. The molecule has 4 aromatic carbocycles. The largest absolute Gasteiger partial charge is 0.267 e. The fourth-order valence-electron chi connectivity index (χ4n) is 3.09. The lowest BCUT2D eigenvalue weighted by Crippen LogP contribution is -1.92. The first-order valence-electron chi connectivity index (χ1n) is 8.29. The third-order valence-electron chi connectivity index (χ3n) is 4.16. The van der Waals surface area contributed by atoms with Crippen LogP contribution in [0.25, 0.3) is 32.3 Å². The maximum atomic E-state index is 9.49. The highest BCUT2D eigenvalue weighted by Gasteiger charge is 2.06. The van der Waals surface area contributed by atoms with Crippen LogP contribution >= 0.6 is 0 Å². The SMILES string of the molecule is O=C=NC(N=C=O)N=C=O.c1ccc2c(c1)c1ccccc1c1ccccc21. The Morgan fingerprint density at radius 2 is 0.679 bits per heavy atom. The average Bonchev–Trinajstić information content (AvgIpc) is 2.75. The van der Waals surface area contributed by atoms with Crippen molar-refractivity contribution in [2.24, 2.45) is 15.0 Å². The molecule has 0 atom stereocenters. The molecule has 0 spiro atoms. The summed E-state index contributed by atoms with van der Waals surface area (Å²) in [6.45, 7) is 0. The van der Waals surface area contributed by atoms with Crippen LogP contribution in [0.1, 0.15) is 0 Å². The Labute approximate surface area is 159 Å². The molecule has 0 unspecified atom stereocenters. The van der Waals surface area contributed by atoms with Gasteiger partial charge < -0.3 is 0 Å². The maximum Gasteiger partial charge on any atom is 0.267 e. The van der Waals surface area contributed by atoms with E-state index in [1.807, 2.05) is 0 Å². The summed E-state index contributed by atoms with van der Waals surface area (Å²) in [5.41, 5.74) is 0. The van der Waals surface area contributed by atoms with Crippen molar-refractivity contribution in [1.29, 1.82) is 0 Å². The highest BCUT2D eigenvalue weighted by Crippen LogP contribution is 2.34. The zero-order valence-electron chi connectivity index (χ0n) is 14.6. The second kappa shape index (κ2) is 8.95. The summed E-state index contributed by atoms with van der Waals surface area (Å²) in [5, 5.41) is 8.04. The minimum absolute atomic E-state index is 1.07. The topological polar surface area (TPSA) is 88.3 Å². The highest BCUT2D eigenvalue weighted by molar-refractivity contribution is 6.25. The number of fused-ring (bicyclic) bond motifs is 6. The molecule has 0 radical (unpaired) electrons. The zero-order valence-corrected chi connectivity index (χ0v) is 14.6. The van der Waals surface area contributed by atoms with Crippen LogP contribution in [0.5, 0.6) is 0 Å². The van der Waals surface area contributed by atoms with Crippen molar-refractivity contribution in [2.75, 3.05) is 0 Å². The quantitative estimate of drug-likeness (QED) is 0.305. The van der Waals surface area contributed by atoms with E-state index in [0.717, 1.165) is 18.2 Å². The molecule has 0 heterocycles. The van der Waals surface area contributed by atoms with Crippen LogP contribution in [0.2, 0.25) is 0 Å². The third kappa shape index (κ3) is 3.80. The van der Waals surface area contributed by atoms with Gasteiger partial charge in [0.2, 0.25) is 18.2 Å². The summed E-state index contributed by atoms with van der Waals surface area (Å²) in [4.78, 5) is 37.0. The Kier molecular flexibility index (Phi) is 5.94. The molecular formula is C22H13N3O3. The van der Waals surface area contributed by atoms with Crippen LogP contribution in [0.4, 0.5) is 0 Å². The number of nitrogens with zero attached hydrogens (tertiary/aromatic N) is 3. The number of rotatable bonds is 3. The van der Waals surface area contributed by atoms with E-state index in [0.29, 0.717) is 0 Å². The molecule has 28 heavy (non-hydrogen) atoms. The van der Waals surface area contributed by atoms with Gasteiger partial charge in [-0.25, -0.2) is 14.4 Å². The summed E-state index contributed by atoms with van der Waals surface area (Å²) >= 11 is 0. The molecule has 0 fully saturated rings. The van der Waals surface area contributed by atoms with E-state index in [4.69, 9.17) is 0 Å². The van der Waals surface area contributed by atoms with E-state index < -0.39 is 6.29 Å². The van der Waals surface area contributed by atoms with Crippen molar-refractivity contribution in [1.82, 2.24) is 0 Å². The van der Waals surface area contributed by atoms with Crippen LogP contribution in [0, 0.1) is 0 Å². The van der Waals surface area contributed by atoms with Gasteiger partial charge in [0.15, 0.2) is 0 Å². The number of aliphatic imine (C=N–C) groups is 3. The van der Waals surface area contributed by atoms with Crippen molar-refractivity contribution < 1.29 is 14.4 Å². The predicted octanol–water partition coefficient (Wildman–Crippen LogP) is 4.42. The van der Waals surface area contributed by atoms with Crippen LogP contribution < -0.4 is 0 Å². The third-order valence-corrected chi connectivity index (χ3v) is 4.16. The van der Waals surface area contributed by atoms with Crippen molar-refractivity contribution >= 4 is 50.6 Å². The number of hydrogen-bond donors (Lipinski definition) is 0. The van der Waals surface area contributed by atoms with Crippen LogP contribution in [0.3, 0.4) is 0 Å². The molecule has 6 heteroatoms. The molecule has 0 amide bonds. The molecule has 4 aromatic rings. The Hall–Kier alpha value is -4.20. The molecule has 6 nitrogen and oxygen atoms in total. The van der Waals surface area contributed by atoms with Gasteiger partial charge in [-0.2, -0.15) is 15.0 Å². The molecular weight excluding hydrogens is 354 g/mol. The van der Waals surface area contributed by atoms with Crippen LogP contribution in [0.15, 0.2) is 87.8 Å². The normalized spacial score (nSPS) is 10.7. The molecule has 0 aliphatic carbocycles. The van der Waals surface area contributed by atoms with Crippen molar-refractivity contribution in [3.63, 3.8) is 0 Å². The Balaban J connectivity index is 0.000000195. The van der Waals surface area contributed by atoms with E-state index in [9.17, 15) is 14.4 Å². The molecule has 0 N–H and O–H groups in total. The molecule has 4 rings (SSSR count). The van der Waals surface area contributed by atoms with E-state index in [-0.39, 0.29) is 0 Å². The van der Waals surface area contributed by atoms with Gasteiger partial charge in [0.1, 0.15) is 0 Å². The molecule has 0 saturated heterocycles. The lowest BCUT2D eigenvalue weighted by atomic mass is 9.95. The van der Waals surface area contributed by atoms with Gasteiger partial charge in [-0.05, 0) is 32.3 Å². The number of benzene rings is 4. The number of hydrogen-bond acceptors (Lipinski definition) is 6. The summed E-state index contributed by atoms with van der Waals surface area (Å²) < 4.78 is 0. The van der Waals surface area contributed by atoms with Gasteiger partial charge in [0.05, 0.1) is 0 Å². The van der Waals surface area contributed by atoms with Gasteiger partial charge in [-0.1, -0.05) is 72.8 Å². The minimum atomic E-state index is -1.37. The van der Waals surface area contributed by atoms with Crippen molar-refractivity contribution in [3.8, 4) is 0 Å². The Bertz CT molecular complexity index is 1030. The number of carbonyl (C=O) groups excluding carboxylic acids is 3. The molecule has 0 aliphatic rings. The van der Waals surface area contributed by atoms with Gasteiger partial charge in [0, 0.05) is 0 Å². The first-order chi connectivity index (χ1) is 13.8. The molecule has 0 aromatic heterocycles. The van der Waals surface area contributed by atoms with Gasteiger partial charge in [-0.3, -0.25) is 0 Å². The van der Waals surface area contributed by atoms with E-state index in [1.54, 1.807) is 0 Å². The van der Waals surface area contributed by atoms with E-state index in [1.165, 1.54) is 32.3 Å². The Morgan fingerprint density at radius 1 is 0.464 bits per heavy atom. The first-order valence-corrected chi connectivity index (χ1v) is 8.29. The average molecular weight is 367 g/mol. The predicted molar refractivity (Wildman–Crippen MR) is 107 cm³/mol. The standard InChI is InChI=1S/C18H12.C4HN3O3/c1-2-8-14-13(7-1)15-9-3-4-11-17(15)18-12-6-5-10-16(14)18;8-1-5-4(6-2-9)7-3-10/h1-12H;4H. The fourth-order valence-corrected chi connectivity index (χ4v) is 3.09. The smallest absolute Gasteiger partial charge is 0.211 e. The Morgan fingerprint density at radius 3 is 0.857 bits per heavy atom. The summed E-state index contributed by atoms with van der Waals surface area (Å²) in [6, 6.07) is 26.0. The zero-order chi connectivity index (χ0) is 19.8. The monoisotopic (exact) mass is 367 g/mol. The van der Waals surface area contributed by atoms with Gasteiger partial charge in [-0.15, -0.1) is 0 Å². The number of isocyanates is 3. The van der Waals surface area contributed by atoms with Gasteiger partial charge in [0.25, 0.3) is 6.29 Å². The molecule has 0 bridgehead atoms. The maximum absolute atomic E-state index is 9.49. The summed E-state index contributed by atoms with van der Waals surface area (Å²) in [5.74, 6) is 0. The van der Waals surface area contributed by atoms with E-state index >= 15 is 0 Å². The van der Waals surface area contributed by atoms with Crippen LogP contribution in [-0.2, 0) is 14.4 Å². The lowest BCUT2D eigenvalue weighted by Gasteiger charge is -2.09. The second-order valence-electron chi connectivity index (χ2n) is 5.64. The molecule has 0 aliphatic heterocycles. The fraction of sp³-hybridized carbons (Fsp3) is 0.0455. The first kappa shape index (κ1) is 18.6. The van der Waals surface area contributed by atoms with Crippen molar-refractivity contribution in [3.05, 3.63) is 72.8 Å². The summed E-state index contributed by atoms with van der Waals surface area (Å²) in [7, 11) is 0. The van der Waals surface area contributed by atoms with Crippen molar-refractivity contribution in [2.45, 2.75) is 6.29 Å². The minimum Gasteiger partial charge on any atom is -0.211 e. The lowest BCUT2D eigenvalue weighted by molar-refractivity contribution is 0.545. The van der Waals surface area contributed by atoms with Gasteiger partial charge >= 0.3 is 0 Å².